The fourth-order valence-electron chi connectivity index (χ4n) is 2.19. The Morgan fingerprint density at radius 3 is 2.43 bits per heavy atom. The first-order valence-corrected chi connectivity index (χ1v) is 7.41. The molecule has 0 spiro atoms. The van der Waals surface area contributed by atoms with Gasteiger partial charge in [-0.15, -0.1) is 0 Å². The number of rotatable bonds is 6. The zero-order chi connectivity index (χ0) is 15.1. The van der Waals surface area contributed by atoms with Gasteiger partial charge < -0.3 is 10.6 Å². The molecule has 2 aromatic carbocycles. The Labute approximate surface area is 126 Å². The second-order valence-electron chi connectivity index (χ2n) is 5.08. The summed E-state index contributed by atoms with van der Waals surface area (Å²) in [5.74, 6) is -0.0504. The number of carbonyl (C=O) groups excluding carboxylic acids is 1. The standard InChI is InChI=1S/C18H22N2O/c1-3-13-19-17-12-8-7-11-16(17)18(21)20-14(2)15-9-5-4-6-10-15/h4-12,14,19H,3,13H2,1-2H3,(H,20,21). The molecule has 2 N–H and O–H groups in total. The highest BCUT2D eigenvalue weighted by Gasteiger charge is 2.14. The third-order valence-electron chi connectivity index (χ3n) is 3.38. The molecular formula is C18H22N2O. The van der Waals surface area contributed by atoms with Gasteiger partial charge >= 0.3 is 0 Å². The fourth-order valence-corrected chi connectivity index (χ4v) is 2.19. The largest absolute Gasteiger partial charge is 0.384 e. The van der Waals surface area contributed by atoms with E-state index in [9.17, 15) is 4.79 Å². The van der Waals surface area contributed by atoms with Crippen LogP contribution in [0.25, 0.3) is 0 Å². The minimum Gasteiger partial charge on any atom is -0.384 e. The molecule has 0 heterocycles. The molecule has 0 aliphatic heterocycles. The minimum absolute atomic E-state index is 0.0158. The minimum atomic E-state index is -0.0504. The second kappa shape index (κ2) is 7.48. The quantitative estimate of drug-likeness (QED) is 0.841. The molecule has 21 heavy (non-hydrogen) atoms. The van der Waals surface area contributed by atoms with Crippen molar-refractivity contribution in [3.63, 3.8) is 0 Å². The summed E-state index contributed by atoms with van der Waals surface area (Å²) in [4.78, 5) is 12.5. The highest BCUT2D eigenvalue weighted by molar-refractivity contribution is 5.99. The predicted octanol–water partition coefficient (Wildman–Crippen LogP) is 4.00. The summed E-state index contributed by atoms with van der Waals surface area (Å²) in [5.41, 5.74) is 2.68. The monoisotopic (exact) mass is 282 g/mol. The van der Waals surface area contributed by atoms with E-state index in [-0.39, 0.29) is 11.9 Å². The van der Waals surface area contributed by atoms with E-state index in [1.54, 1.807) is 0 Å². The van der Waals surface area contributed by atoms with Crippen molar-refractivity contribution >= 4 is 11.6 Å². The topological polar surface area (TPSA) is 41.1 Å². The summed E-state index contributed by atoms with van der Waals surface area (Å²) in [5, 5.41) is 6.35. The highest BCUT2D eigenvalue weighted by Crippen LogP contribution is 2.17. The Morgan fingerprint density at radius 2 is 1.71 bits per heavy atom. The molecular weight excluding hydrogens is 260 g/mol. The SMILES string of the molecule is CCCNc1ccccc1C(=O)NC(C)c1ccccc1. The molecule has 110 valence electrons. The van der Waals surface area contributed by atoms with Gasteiger partial charge in [0.25, 0.3) is 5.91 Å². The van der Waals surface area contributed by atoms with Gasteiger partial charge in [-0.2, -0.15) is 0 Å². The number of carbonyl (C=O) groups is 1. The molecule has 0 fully saturated rings. The van der Waals surface area contributed by atoms with Crippen LogP contribution in [0.5, 0.6) is 0 Å². The number of hydrogen-bond acceptors (Lipinski definition) is 2. The van der Waals surface area contributed by atoms with Crippen molar-refractivity contribution in [1.82, 2.24) is 5.32 Å². The third-order valence-corrected chi connectivity index (χ3v) is 3.38. The molecule has 0 aliphatic rings. The third kappa shape index (κ3) is 4.09. The van der Waals surface area contributed by atoms with Gasteiger partial charge in [0.15, 0.2) is 0 Å². The molecule has 2 aromatic rings. The molecule has 0 aromatic heterocycles. The van der Waals surface area contributed by atoms with Crippen molar-refractivity contribution in [1.29, 1.82) is 0 Å². The van der Waals surface area contributed by atoms with E-state index in [0.29, 0.717) is 5.56 Å². The summed E-state index contributed by atoms with van der Waals surface area (Å²) in [6.07, 6.45) is 1.02. The van der Waals surface area contributed by atoms with E-state index in [0.717, 1.165) is 24.2 Å². The first-order chi connectivity index (χ1) is 10.2. The van der Waals surface area contributed by atoms with Crippen LogP contribution in [0.15, 0.2) is 54.6 Å². The van der Waals surface area contributed by atoms with Crippen molar-refractivity contribution in [2.45, 2.75) is 26.3 Å². The number of anilines is 1. The maximum absolute atomic E-state index is 12.5. The molecule has 1 unspecified atom stereocenters. The predicted molar refractivity (Wildman–Crippen MR) is 87.5 cm³/mol. The van der Waals surface area contributed by atoms with E-state index in [1.165, 1.54) is 0 Å². The van der Waals surface area contributed by atoms with Gasteiger partial charge in [-0.3, -0.25) is 4.79 Å². The van der Waals surface area contributed by atoms with Crippen molar-refractivity contribution in [2.75, 3.05) is 11.9 Å². The van der Waals surface area contributed by atoms with Gasteiger partial charge in [0.2, 0.25) is 0 Å². The van der Waals surface area contributed by atoms with Gasteiger partial charge in [0.1, 0.15) is 0 Å². The van der Waals surface area contributed by atoms with Gasteiger partial charge in [-0.1, -0.05) is 49.4 Å². The van der Waals surface area contributed by atoms with E-state index >= 15 is 0 Å². The first-order valence-electron chi connectivity index (χ1n) is 7.41. The summed E-state index contributed by atoms with van der Waals surface area (Å²) in [6, 6.07) is 17.6. The molecule has 1 atom stereocenters. The zero-order valence-corrected chi connectivity index (χ0v) is 12.6. The molecule has 0 aliphatic carbocycles. The maximum atomic E-state index is 12.5. The van der Waals surface area contributed by atoms with E-state index in [1.807, 2.05) is 61.5 Å². The van der Waals surface area contributed by atoms with Gasteiger partial charge in [0.05, 0.1) is 11.6 Å². The van der Waals surface area contributed by atoms with Crippen LogP contribution in [-0.4, -0.2) is 12.5 Å². The normalized spacial score (nSPS) is 11.7. The van der Waals surface area contributed by atoms with E-state index < -0.39 is 0 Å². The van der Waals surface area contributed by atoms with E-state index in [2.05, 4.69) is 17.6 Å². The molecule has 0 saturated heterocycles. The van der Waals surface area contributed by atoms with Crippen LogP contribution in [0.1, 0.15) is 42.2 Å². The first kappa shape index (κ1) is 15.1. The summed E-state index contributed by atoms with van der Waals surface area (Å²) < 4.78 is 0. The maximum Gasteiger partial charge on any atom is 0.253 e. The lowest BCUT2D eigenvalue weighted by molar-refractivity contribution is 0.0940. The smallest absolute Gasteiger partial charge is 0.253 e. The Balaban J connectivity index is 2.10. The molecule has 3 nitrogen and oxygen atoms in total. The molecule has 0 saturated carbocycles. The zero-order valence-electron chi connectivity index (χ0n) is 12.6. The number of para-hydroxylation sites is 1. The Kier molecular flexibility index (Phi) is 5.38. The molecule has 3 heteroatoms. The van der Waals surface area contributed by atoms with Crippen LogP contribution in [0.2, 0.25) is 0 Å². The van der Waals surface area contributed by atoms with Crippen molar-refractivity contribution in [3.8, 4) is 0 Å². The van der Waals surface area contributed by atoms with Crippen LogP contribution in [0.3, 0.4) is 0 Å². The average Bonchev–Trinajstić information content (AvgIpc) is 2.54. The van der Waals surface area contributed by atoms with Crippen molar-refractivity contribution < 1.29 is 4.79 Å². The van der Waals surface area contributed by atoms with Gasteiger partial charge in [0, 0.05) is 12.2 Å². The lowest BCUT2D eigenvalue weighted by Gasteiger charge is -2.16. The Morgan fingerprint density at radius 1 is 1.05 bits per heavy atom. The fraction of sp³-hybridized carbons (Fsp3) is 0.278. The molecule has 2 rings (SSSR count). The lowest BCUT2D eigenvalue weighted by atomic mass is 10.1. The van der Waals surface area contributed by atoms with Gasteiger partial charge in [-0.05, 0) is 31.0 Å². The Hall–Kier alpha value is -2.29. The average molecular weight is 282 g/mol. The highest BCUT2D eigenvalue weighted by atomic mass is 16.1. The van der Waals surface area contributed by atoms with Gasteiger partial charge in [-0.25, -0.2) is 0 Å². The summed E-state index contributed by atoms with van der Waals surface area (Å²) in [7, 11) is 0. The number of benzene rings is 2. The number of amides is 1. The number of nitrogens with one attached hydrogen (secondary N) is 2. The van der Waals surface area contributed by atoms with Crippen LogP contribution in [0.4, 0.5) is 5.69 Å². The second-order valence-corrected chi connectivity index (χ2v) is 5.08. The summed E-state index contributed by atoms with van der Waals surface area (Å²) >= 11 is 0. The molecule has 0 radical (unpaired) electrons. The lowest BCUT2D eigenvalue weighted by Crippen LogP contribution is -2.27. The van der Waals surface area contributed by atoms with Crippen molar-refractivity contribution in [2.24, 2.45) is 0 Å². The Bertz CT molecular complexity index is 581. The van der Waals surface area contributed by atoms with Crippen molar-refractivity contribution in [3.05, 3.63) is 65.7 Å². The molecule has 1 amide bonds. The van der Waals surface area contributed by atoms with Crippen LogP contribution >= 0.6 is 0 Å². The molecule has 0 bridgehead atoms. The van der Waals surface area contributed by atoms with Crippen LogP contribution in [0, 0.1) is 0 Å². The van der Waals surface area contributed by atoms with Crippen LogP contribution in [-0.2, 0) is 0 Å². The van der Waals surface area contributed by atoms with Crippen LogP contribution < -0.4 is 10.6 Å². The van der Waals surface area contributed by atoms with E-state index in [4.69, 9.17) is 0 Å². The summed E-state index contributed by atoms with van der Waals surface area (Å²) in [6.45, 7) is 4.96. The number of hydrogen-bond donors (Lipinski definition) is 2.